The van der Waals surface area contributed by atoms with Crippen LogP contribution in [0.25, 0.3) is 0 Å². The van der Waals surface area contributed by atoms with E-state index in [2.05, 4.69) is 22.9 Å². The van der Waals surface area contributed by atoms with Gasteiger partial charge in [-0.25, -0.2) is 4.39 Å². The Hall–Kier alpha value is -0.740. The molecule has 1 aliphatic carbocycles. The Morgan fingerprint density at radius 1 is 1.55 bits per heavy atom. The van der Waals surface area contributed by atoms with Gasteiger partial charge in [0.15, 0.2) is 5.78 Å². The smallest absolute Gasteiger partial charge is 0.169 e. The summed E-state index contributed by atoms with van der Waals surface area (Å²) in [6.45, 7) is 2.14. The van der Waals surface area contributed by atoms with Gasteiger partial charge in [-0.2, -0.15) is 0 Å². The Morgan fingerprint density at radius 2 is 2.30 bits per heavy atom. The third kappa shape index (κ3) is 3.29. The molecular formula is C16H20BrFO2. The summed E-state index contributed by atoms with van der Waals surface area (Å²) in [5.41, 5.74) is -0.287. The van der Waals surface area contributed by atoms with Crippen molar-refractivity contribution in [2.45, 2.75) is 44.6 Å². The van der Waals surface area contributed by atoms with Gasteiger partial charge in [0.05, 0.1) is 0 Å². The van der Waals surface area contributed by atoms with E-state index in [1.807, 2.05) is 0 Å². The van der Waals surface area contributed by atoms with Crippen LogP contribution in [-0.4, -0.2) is 18.5 Å². The fraction of sp³-hybridized carbons (Fsp3) is 0.562. The lowest BCUT2D eigenvalue weighted by Gasteiger charge is -2.37. The van der Waals surface area contributed by atoms with Crippen LogP contribution < -0.4 is 0 Å². The Morgan fingerprint density at radius 3 is 2.90 bits per heavy atom. The van der Waals surface area contributed by atoms with Crippen molar-refractivity contribution in [3.63, 3.8) is 0 Å². The molecule has 0 amide bonds. The number of ketones is 1. The molecule has 1 aromatic carbocycles. The zero-order chi connectivity index (χ0) is 14.8. The minimum Gasteiger partial charge on any atom is -0.370 e. The Bertz CT molecular complexity index is 503. The Balaban J connectivity index is 2.17. The number of hydrogen-bond donors (Lipinski definition) is 0. The van der Waals surface area contributed by atoms with E-state index in [1.54, 1.807) is 19.2 Å². The molecule has 20 heavy (non-hydrogen) atoms. The van der Waals surface area contributed by atoms with E-state index in [0.29, 0.717) is 16.0 Å². The van der Waals surface area contributed by atoms with Crippen LogP contribution in [0.3, 0.4) is 0 Å². The fourth-order valence-electron chi connectivity index (χ4n) is 3.05. The lowest BCUT2D eigenvalue weighted by Crippen LogP contribution is -2.45. The monoisotopic (exact) mass is 342 g/mol. The van der Waals surface area contributed by atoms with Crippen molar-refractivity contribution in [2.75, 3.05) is 7.11 Å². The highest BCUT2D eigenvalue weighted by atomic mass is 79.9. The molecule has 0 N–H and O–H groups in total. The SMILES string of the molecule is COC1(C(=O)Cc2ccc(Br)cc2F)CCCC(C)C1. The van der Waals surface area contributed by atoms with Crippen LogP contribution in [0.5, 0.6) is 0 Å². The zero-order valence-corrected chi connectivity index (χ0v) is 13.5. The molecule has 0 aliphatic heterocycles. The highest BCUT2D eigenvalue weighted by Gasteiger charge is 2.41. The second kappa shape index (κ2) is 6.35. The van der Waals surface area contributed by atoms with Gasteiger partial charge in [-0.05, 0) is 42.9 Å². The molecule has 1 fully saturated rings. The zero-order valence-electron chi connectivity index (χ0n) is 11.9. The van der Waals surface area contributed by atoms with Crippen molar-refractivity contribution >= 4 is 21.7 Å². The Kier molecular flexibility index (Phi) is 4.97. The van der Waals surface area contributed by atoms with Crippen molar-refractivity contribution < 1.29 is 13.9 Å². The average molecular weight is 343 g/mol. The van der Waals surface area contributed by atoms with Crippen LogP contribution in [-0.2, 0) is 16.0 Å². The summed E-state index contributed by atoms with van der Waals surface area (Å²) in [7, 11) is 1.59. The van der Waals surface area contributed by atoms with E-state index in [4.69, 9.17) is 4.74 Å². The van der Waals surface area contributed by atoms with Crippen LogP contribution in [0.15, 0.2) is 22.7 Å². The first-order valence-electron chi connectivity index (χ1n) is 6.99. The van der Waals surface area contributed by atoms with Gasteiger partial charge >= 0.3 is 0 Å². The van der Waals surface area contributed by atoms with Crippen molar-refractivity contribution in [1.82, 2.24) is 0 Å². The van der Waals surface area contributed by atoms with E-state index in [0.717, 1.165) is 25.7 Å². The van der Waals surface area contributed by atoms with Crippen molar-refractivity contribution in [3.8, 4) is 0 Å². The molecule has 2 atom stereocenters. The molecular weight excluding hydrogens is 323 g/mol. The summed E-state index contributed by atoms with van der Waals surface area (Å²) in [4.78, 5) is 12.6. The van der Waals surface area contributed by atoms with Crippen LogP contribution >= 0.6 is 15.9 Å². The third-order valence-corrected chi connectivity index (χ3v) is 4.71. The molecule has 1 aromatic rings. The number of rotatable bonds is 4. The van der Waals surface area contributed by atoms with Gasteiger partial charge < -0.3 is 4.74 Å². The summed E-state index contributed by atoms with van der Waals surface area (Å²) >= 11 is 3.22. The molecule has 0 radical (unpaired) electrons. The van der Waals surface area contributed by atoms with E-state index < -0.39 is 5.60 Å². The summed E-state index contributed by atoms with van der Waals surface area (Å²) in [6.07, 6.45) is 3.69. The highest BCUT2D eigenvalue weighted by molar-refractivity contribution is 9.10. The molecule has 2 unspecified atom stereocenters. The first-order valence-corrected chi connectivity index (χ1v) is 7.78. The molecule has 0 bridgehead atoms. The van der Waals surface area contributed by atoms with Gasteiger partial charge in [0.1, 0.15) is 11.4 Å². The van der Waals surface area contributed by atoms with Gasteiger partial charge in [0.2, 0.25) is 0 Å². The predicted molar refractivity (Wildman–Crippen MR) is 80.2 cm³/mol. The van der Waals surface area contributed by atoms with Gasteiger partial charge in [-0.3, -0.25) is 4.79 Å². The molecule has 0 spiro atoms. The number of ether oxygens (including phenoxy) is 1. The summed E-state index contributed by atoms with van der Waals surface area (Å²) in [5, 5.41) is 0. The number of hydrogen-bond acceptors (Lipinski definition) is 2. The largest absolute Gasteiger partial charge is 0.370 e. The van der Waals surface area contributed by atoms with E-state index in [-0.39, 0.29) is 18.0 Å². The maximum atomic E-state index is 13.9. The molecule has 0 aromatic heterocycles. The second-order valence-corrected chi connectivity index (χ2v) is 6.65. The minimum absolute atomic E-state index is 0.00669. The number of methoxy groups -OCH3 is 1. The van der Waals surface area contributed by atoms with Crippen molar-refractivity contribution in [2.24, 2.45) is 5.92 Å². The average Bonchev–Trinajstić information content (AvgIpc) is 2.41. The quantitative estimate of drug-likeness (QED) is 0.815. The maximum Gasteiger partial charge on any atom is 0.169 e. The maximum absolute atomic E-state index is 13.9. The van der Waals surface area contributed by atoms with Gasteiger partial charge in [0, 0.05) is 18.0 Å². The summed E-state index contributed by atoms with van der Waals surface area (Å²) in [5.74, 6) is 0.123. The standard InChI is InChI=1S/C16H20BrFO2/c1-11-4-3-7-16(10-11,20-2)15(19)8-12-5-6-13(17)9-14(12)18/h5-6,9,11H,3-4,7-8,10H2,1-2H3. The normalized spacial score (nSPS) is 26.5. The van der Waals surface area contributed by atoms with Gasteiger partial charge in [-0.1, -0.05) is 35.3 Å². The van der Waals surface area contributed by atoms with E-state index >= 15 is 0 Å². The lowest BCUT2D eigenvalue weighted by molar-refractivity contribution is -0.146. The number of Topliss-reactive ketones (excluding diaryl/α,β-unsaturated/α-hetero) is 1. The lowest BCUT2D eigenvalue weighted by atomic mass is 9.75. The molecule has 2 rings (SSSR count). The summed E-state index contributed by atoms with van der Waals surface area (Å²) in [6, 6.07) is 4.81. The van der Waals surface area contributed by atoms with Crippen molar-refractivity contribution in [1.29, 1.82) is 0 Å². The van der Waals surface area contributed by atoms with Crippen LogP contribution in [0.2, 0.25) is 0 Å². The van der Waals surface area contributed by atoms with Crippen LogP contribution in [0, 0.1) is 11.7 Å². The first-order chi connectivity index (χ1) is 9.47. The molecule has 110 valence electrons. The molecule has 0 heterocycles. The molecule has 2 nitrogen and oxygen atoms in total. The molecule has 0 saturated heterocycles. The van der Waals surface area contributed by atoms with Crippen molar-refractivity contribution in [3.05, 3.63) is 34.1 Å². The summed E-state index contributed by atoms with van der Waals surface area (Å²) < 4.78 is 20.1. The fourth-order valence-corrected chi connectivity index (χ4v) is 3.39. The number of benzene rings is 1. The molecule has 4 heteroatoms. The van der Waals surface area contributed by atoms with E-state index in [1.165, 1.54) is 6.07 Å². The highest BCUT2D eigenvalue weighted by Crippen LogP contribution is 2.36. The number of carbonyl (C=O) groups excluding carboxylic acids is 1. The Labute approximate surface area is 127 Å². The van der Waals surface area contributed by atoms with Gasteiger partial charge in [-0.15, -0.1) is 0 Å². The van der Waals surface area contributed by atoms with Gasteiger partial charge in [0.25, 0.3) is 0 Å². The molecule has 1 aliphatic rings. The number of halogens is 2. The number of carbonyl (C=O) groups is 1. The molecule has 1 saturated carbocycles. The third-order valence-electron chi connectivity index (χ3n) is 4.22. The topological polar surface area (TPSA) is 26.3 Å². The van der Waals surface area contributed by atoms with E-state index in [9.17, 15) is 9.18 Å². The second-order valence-electron chi connectivity index (χ2n) is 5.74. The first kappa shape index (κ1) is 15.6. The van der Waals surface area contributed by atoms with Crippen LogP contribution in [0.4, 0.5) is 4.39 Å². The minimum atomic E-state index is -0.725. The predicted octanol–water partition coefficient (Wildman–Crippen LogP) is 4.30. The van der Waals surface area contributed by atoms with Crippen LogP contribution in [0.1, 0.15) is 38.2 Å².